The van der Waals surface area contributed by atoms with Gasteiger partial charge in [-0.15, -0.1) is 0 Å². The van der Waals surface area contributed by atoms with Crippen LogP contribution in [0.4, 0.5) is 5.69 Å². The van der Waals surface area contributed by atoms with E-state index < -0.39 is 10.9 Å². The van der Waals surface area contributed by atoms with E-state index in [9.17, 15) is 14.9 Å². The van der Waals surface area contributed by atoms with Crippen LogP contribution in [0.2, 0.25) is 0 Å². The molecule has 1 aromatic heterocycles. The van der Waals surface area contributed by atoms with E-state index in [0.29, 0.717) is 0 Å². The molecular weight excluding hydrogens is 332 g/mol. The topological polar surface area (TPSA) is 93.3 Å². The van der Waals surface area contributed by atoms with Crippen LogP contribution in [0, 0.1) is 10.1 Å². The maximum absolute atomic E-state index is 10.9. The van der Waals surface area contributed by atoms with Crippen molar-refractivity contribution < 1.29 is 14.8 Å². The second-order valence-electron chi connectivity index (χ2n) is 5.51. The number of aromatic carboxylic acids is 1. The summed E-state index contributed by atoms with van der Waals surface area (Å²) in [6.45, 7) is 0. The number of hydrogen-bond donors (Lipinski definition) is 1. The first kappa shape index (κ1) is 17.0. The maximum atomic E-state index is 10.9. The molecule has 0 atom stereocenters. The molecule has 0 aliphatic rings. The minimum absolute atomic E-state index is 0.0482. The summed E-state index contributed by atoms with van der Waals surface area (Å²) < 4.78 is 0. The molecule has 0 aliphatic heterocycles. The lowest BCUT2D eigenvalue weighted by atomic mass is 10.1. The van der Waals surface area contributed by atoms with Gasteiger partial charge >= 0.3 is 5.97 Å². The molecule has 0 saturated heterocycles. The number of nitro benzene ring substituents is 1. The Labute approximate surface area is 149 Å². The summed E-state index contributed by atoms with van der Waals surface area (Å²) in [5.74, 6) is -0.968. The predicted octanol–water partition coefficient (Wildman–Crippen LogP) is 4.53. The van der Waals surface area contributed by atoms with Crippen molar-refractivity contribution in [3.8, 4) is 11.3 Å². The summed E-state index contributed by atoms with van der Waals surface area (Å²) >= 11 is 0. The van der Waals surface area contributed by atoms with E-state index in [-0.39, 0.29) is 11.3 Å². The van der Waals surface area contributed by atoms with Crippen molar-refractivity contribution in [1.82, 2.24) is 4.98 Å². The van der Waals surface area contributed by atoms with E-state index in [1.165, 1.54) is 12.1 Å². The van der Waals surface area contributed by atoms with Gasteiger partial charge in [0.05, 0.1) is 21.9 Å². The molecule has 0 bridgehead atoms. The van der Waals surface area contributed by atoms with E-state index in [2.05, 4.69) is 4.98 Å². The molecule has 0 spiro atoms. The number of carbonyl (C=O) groups is 1. The van der Waals surface area contributed by atoms with Gasteiger partial charge in [-0.2, -0.15) is 0 Å². The van der Waals surface area contributed by atoms with Gasteiger partial charge in [0.15, 0.2) is 0 Å². The second kappa shape index (κ2) is 7.40. The number of carboxylic acids is 1. The molecule has 3 aromatic rings. The molecule has 0 aliphatic carbocycles. The van der Waals surface area contributed by atoms with Crippen molar-refractivity contribution >= 4 is 23.8 Å². The maximum Gasteiger partial charge on any atom is 0.335 e. The van der Waals surface area contributed by atoms with Gasteiger partial charge in [0.25, 0.3) is 5.69 Å². The van der Waals surface area contributed by atoms with Gasteiger partial charge in [0.2, 0.25) is 0 Å². The SMILES string of the molecule is O=C(O)c1ccc(-c2cccc(/C=C/c3ccc([N+](=O)[O-])cc3)n2)cc1. The predicted molar refractivity (Wildman–Crippen MR) is 98.7 cm³/mol. The monoisotopic (exact) mass is 346 g/mol. The fraction of sp³-hybridized carbons (Fsp3) is 0. The van der Waals surface area contributed by atoms with E-state index in [1.54, 1.807) is 36.4 Å². The summed E-state index contributed by atoms with van der Waals surface area (Å²) in [6.07, 6.45) is 3.64. The Hall–Kier alpha value is -3.80. The Morgan fingerprint density at radius 3 is 2.27 bits per heavy atom. The number of benzene rings is 2. The number of non-ortho nitro benzene ring substituents is 1. The van der Waals surface area contributed by atoms with E-state index >= 15 is 0 Å². The number of nitrogens with zero attached hydrogens (tertiary/aromatic N) is 2. The zero-order valence-corrected chi connectivity index (χ0v) is 13.6. The van der Waals surface area contributed by atoms with Crippen LogP contribution in [0.15, 0.2) is 66.7 Å². The molecule has 6 nitrogen and oxygen atoms in total. The van der Waals surface area contributed by atoms with E-state index in [0.717, 1.165) is 22.5 Å². The van der Waals surface area contributed by atoms with Crippen molar-refractivity contribution in [2.24, 2.45) is 0 Å². The standard InChI is InChI=1S/C20H14N2O4/c23-20(24)16-9-7-15(8-10-16)19-3-1-2-17(21-19)11-4-14-5-12-18(13-6-14)22(25)26/h1-13H,(H,23,24)/b11-4+. The number of aromatic nitrogens is 1. The summed E-state index contributed by atoms with van der Waals surface area (Å²) in [4.78, 5) is 25.7. The minimum Gasteiger partial charge on any atom is -0.478 e. The summed E-state index contributed by atoms with van der Waals surface area (Å²) in [5.41, 5.74) is 3.38. The molecule has 1 heterocycles. The van der Waals surface area contributed by atoms with Crippen molar-refractivity contribution in [3.05, 3.63) is 93.7 Å². The lowest BCUT2D eigenvalue weighted by Gasteiger charge is -2.03. The summed E-state index contributed by atoms with van der Waals surface area (Å²) in [6, 6.07) is 18.3. The van der Waals surface area contributed by atoms with E-state index in [1.807, 2.05) is 30.4 Å². The zero-order valence-electron chi connectivity index (χ0n) is 13.6. The van der Waals surface area contributed by atoms with Crippen LogP contribution in [0.5, 0.6) is 0 Å². The highest BCUT2D eigenvalue weighted by atomic mass is 16.6. The lowest BCUT2D eigenvalue weighted by molar-refractivity contribution is -0.384. The van der Waals surface area contributed by atoms with Gasteiger partial charge < -0.3 is 5.11 Å². The van der Waals surface area contributed by atoms with Crippen molar-refractivity contribution in [3.63, 3.8) is 0 Å². The van der Waals surface area contributed by atoms with Gasteiger partial charge in [0.1, 0.15) is 0 Å². The highest BCUT2D eigenvalue weighted by molar-refractivity contribution is 5.88. The molecule has 1 N–H and O–H groups in total. The highest BCUT2D eigenvalue weighted by Gasteiger charge is 2.05. The average Bonchev–Trinajstić information content (AvgIpc) is 2.67. The number of rotatable bonds is 5. The largest absolute Gasteiger partial charge is 0.478 e. The molecular formula is C20H14N2O4. The van der Waals surface area contributed by atoms with Gasteiger partial charge in [-0.1, -0.05) is 24.3 Å². The Kier molecular flexibility index (Phi) is 4.85. The number of carboxylic acid groups (broad SMARTS) is 1. The smallest absolute Gasteiger partial charge is 0.335 e. The van der Waals surface area contributed by atoms with Crippen LogP contribution in [0.3, 0.4) is 0 Å². The summed E-state index contributed by atoms with van der Waals surface area (Å²) in [5, 5.41) is 19.6. The fourth-order valence-corrected chi connectivity index (χ4v) is 2.38. The third-order valence-corrected chi connectivity index (χ3v) is 3.75. The van der Waals surface area contributed by atoms with Gasteiger partial charge in [0, 0.05) is 17.7 Å². The van der Waals surface area contributed by atoms with Crippen LogP contribution in [0.25, 0.3) is 23.4 Å². The summed E-state index contributed by atoms with van der Waals surface area (Å²) in [7, 11) is 0. The van der Waals surface area contributed by atoms with Crippen LogP contribution in [0.1, 0.15) is 21.6 Å². The van der Waals surface area contributed by atoms with Gasteiger partial charge in [-0.05, 0) is 48.0 Å². The molecule has 2 aromatic carbocycles. The van der Waals surface area contributed by atoms with Crippen LogP contribution in [-0.4, -0.2) is 21.0 Å². The van der Waals surface area contributed by atoms with Crippen molar-refractivity contribution in [2.45, 2.75) is 0 Å². The third kappa shape index (κ3) is 3.99. The average molecular weight is 346 g/mol. The normalized spacial score (nSPS) is 10.8. The highest BCUT2D eigenvalue weighted by Crippen LogP contribution is 2.19. The van der Waals surface area contributed by atoms with Gasteiger partial charge in [-0.25, -0.2) is 9.78 Å². The quantitative estimate of drug-likeness (QED) is 0.541. The molecule has 6 heteroatoms. The first-order valence-electron chi connectivity index (χ1n) is 7.76. The Bertz CT molecular complexity index is 977. The second-order valence-corrected chi connectivity index (χ2v) is 5.51. The number of nitro groups is 1. The Morgan fingerprint density at radius 2 is 1.65 bits per heavy atom. The van der Waals surface area contributed by atoms with Crippen molar-refractivity contribution in [1.29, 1.82) is 0 Å². The van der Waals surface area contributed by atoms with Crippen LogP contribution in [-0.2, 0) is 0 Å². The Morgan fingerprint density at radius 1 is 0.962 bits per heavy atom. The molecule has 128 valence electrons. The molecule has 0 saturated carbocycles. The minimum atomic E-state index is -0.968. The van der Waals surface area contributed by atoms with Crippen molar-refractivity contribution in [2.75, 3.05) is 0 Å². The first-order chi connectivity index (χ1) is 12.5. The zero-order chi connectivity index (χ0) is 18.5. The molecule has 0 radical (unpaired) electrons. The number of hydrogen-bond acceptors (Lipinski definition) is 4. The number of pyridine rings is 1. The van der Waals surface area contributed by atoms with Gasteiger partial charge in [-0.3, -0.25) is 10.1 Å². The fourth-order valence-electron chi connectivity index (χ4n) is 2.38. The lowest BCUT2D eigenvalue weighted by Crippen LogP contribution is -1.95. The van der Waals surface area contributed by atoms with E-state index in [4.69, 9.17) is 5.11 Å². The van der Waals surface area contributed by atoms with Crippen LogP contribution < -0.4 is 0 Å². The van der Waals surface area contributed by atoms with Crippen LogP contribution >= 0.6 is 0 Å². The first-order valence-corrected chi connectivity index (χ1v) is 7.76. The molecule has 0 amide bonds. The third-order valence-electron chi connectivity index (χ3n) is 3.75. The Balaban J connectivity index is 1.80. The molecule has 0 fully saturated rings. The molecule has 3 rings (SSSR count). The molecule has 0 unspecified atom stereocenters. The molecule has 26 heavy (non-hydrogen) atoms.